The molecule has 2 rings (SSSR count). The van der Waals surface area contributed by atoms with Gasteiger partial charge in [-0.2, -0.15) is 0 Å². The van der Waals surface area contributed by atoms with E-state index in [1.54, 1.807) is 12.4 Å². The van der Waals surface area contributed by atoms with Gasteiger partial charge in [0, 0.05) is 17.4 Å². The lowest BCUT2D eigenvalue weighted by atomic mass is 10.3. The van der Waals surface area contributed by atoms with Gasteiger partial charge >= 0.3 is 0 Å². The van der Waals surface area contributed by atoms with Crippen molar-refractivity contribution in [2.45, 2.75) is 13.5 Å². The van der Waals surface area contributed by atoms with Crippen LogP contribution in [-0.4, -0.2) is 16.6 Å². The third-order valence-corrected chi connectivity index (χ3v) is 3.11. The molecule has 1 heterocycles. The van der Waals surface area contributed by atoms with E-state index in [9.17, 15) is 0 Å². The van der Waals surface area contributed by atoms with E-state index in [0.29, 0.717) is 18.2 Å². The molecule has 0 radical (unpaired) electrons. The molecule has 96 valence electrons. The second-order valence-corrected chi connectivity index (χ2v) is 4.88. The van der Waals surface area contributed by atoms with Gasteiger partial charge in [-0.1, -0.05) is 11.6 Å². The molecule has 0 aliphatic heterocycles. The Bertz CT molecular complexity index is 516. The van der Waals surface area contributed by atoms with Crippen molar-refractivity contribution in [2.75, 3.05) is 11.9 Å². The van der Waals surface area contributed by atoms with Crippen LogP contribution in [0.5, 0.6) is 5.75 Å². The summed E-state index contributed by atoms with van der Waals surface area (Å²) < 4.78 is 6.43. The van der Waals surface area contributed by atoms with Gasteiger partial charge in [-0.3, -0.25) is 0 Å². The Kier molecular flexibility index (Phi) is 4.49. The van der Waals surface area contributed by atoms with Crippen molar-refractivity contribution in [3.8, 4) is 5.75 Å². The topological polar surface area (TPSA) is 49.9 Å². The van der Waals surface area contributed by atoms with Crippen molar-refractivity contribution in [2.24, 2.45) is 0 Å². The quantitative estimate of drug-likeness (QED) is 0.876. The molecule has 4 nitrogen and oxygen atoms in total. The number of hydrogen-bond acceptors (Lipinski definition) is 3. The zero-order valence-electron chi connectivity index (χ0n) is 9.84. The van der Waals surface area contributed by atoms with Crippen LogP contribution in [0.1, 0.15) is 12.7 Å². The lowest BCUT2D eigenvalue weighted by Gasteiger charge is -2.14. The molecule has 6 heteroatoms. The number of imidazole rings is 1. The highest BCUT2D eigenvalue weighted by Crippen LogP contribution is 2.36. The van der Waals surface area contributed by atoms with E-state index in [2.05, 4.69) is 31.2 Å². The van der Waals surface area contributed by atoms with Crippen molar-refractivity contribution < 1.29 is 4.74 Å². The number of nitrogens with zero attached hydrogens (tertiary/aromatic N) is 1. The molecule has 0 aliphatic carbocycles. The summed E-state index contributed by atoms with van der Waals surface area (Å²) in [7, 11) is 0. The van der Waals surface area contributed by atoms with Gasteiger partial charge in [-0.25, -0.2) is 4.98 Å². The fourth-order valence-corrected chi connectivity index (χ4v) is 2.48. The van der Waals surface area contributed by atoms with Gasteiger partial charge in [-0.05, 0) is 35.0 Å². The molecule has 0 unspecified atom stereocenters. The molecule has 0 saturated carbocycles. The van der Waals surface area contributed by atoms with Crippen LogP contribution in [0.4, 0.5) is 5.69 Å². The van der Waals surface area contributed by atoms with E-state index in [1.807, 2.05) is 19.1 Å². The Morgan fingerprint density at radius 2 is 2.33 bits per heavy atom. The Hall–Kier alpha value is -1.20. The molecule has 0 fully saturated rings. The largest absolute Gasteiger partial charge is 0.491 e. The number of ether oxygens (including phenoxy) is 1. The summed E-state index contributed by atoms with van der Waals surface area (Å²) in [5, 5.41) is 3.89. The maximum Gasteiger partial charge on any atom is 0.156 e. The minimum Gasteiger partial charge on any atom is -0.491 e. The van der Waals surface area contributed by atoms with Crippen molar-refractivity contribution in [1.29, 1.82) is 0 Å². The van der Waals surface area contributed by atoms with Crippen LogP contribution >= 0.6 is 27.5 Å². The van der Waals surface area contributed by atoms with Crippen LogP contribution in [0.3, 0.4) is 0 Å². The number of halogens is 2. The van der Waals surface area contributed by atoms with E-state index in [1.165, 1.54) is 0 Å². The van der Waals surface area contributed by atoms with Crippen LogP contribution in [0.2, 0.25) is 5.02 Å². The van der Waals surface area contributed by atoms with E-state index in [0.717, 1.165) is 21.7 Å². The minimum absolute atomic E-state index is 0.583. The summed E-state index contributed by atoms with van der Waals surface area (Å²) in [5.41, 5.74) is 0.840. The molecule has 1 aromatic carbocycles. The molecule has 0 bridgehead atoms. The number of aromatic nitrogens is 2. The monoisotopic (exact) mass is 329 g/mol. The third-order valence-electron chi connectivity index (χ3n) is 2.30. The van der Waals surface area contributed by atoms with Gasteiger partial charge in [0.15, 0.2) is 5.75 Å². The molecule has 0 spiro atoms. The van der Waals surface area contributed by atoms with E-state index < -0.39 is 0 Å². The first-order valence-corrected chi connectivity index (χ1v) is 6.71. The maximum atomic E-state index is 6.03. The summed E-state index contributed by atoms with van der Waals surface area (Å²) in [4.78, 5) is 7.18. The molecule has 2 N–H and O–H groups in total. The highest BCUT2D eigenvalue weighted by molar-refractivity contribution is 9.10. The van der Waals surface area contributed by atoms with Gasteiger partial charge in [0.25, 0.3) is 0 Å². The van der Waals surface area contributed by atoms with Gasteiger partial charge in [-0.15, -0.1) is 0 Å². The smallest absolute Gasteiger partial charge is 0.156 e. The highest BCUT2D eigenvalue weighted by Gasteiger charge is 2.10. The lowest BCUT2D eigenvalue weighted by molar-refractivity contribution is 0.339. The van der Waals surface area contributed by atoms with Crippen molar-refractivity contribution in [3.63, 3.8) is 0 Å². The molecule has 18 heavy (non-hydrogen) atoms. The van der Waals surface area contributed by atoms with E-state index >= 15 is 0 Å². The first-order valence-electron chi connectivity index (χ1n) is 5.54. The fourth-order valence-electron chi connectivity index (χ4n) is 1.56. The van der Waals surface area contributed by atoms with Gasteiger partial charge in [0.2, 0.25) is 0 Å². The second-order valence-electron chi connectivity index (χ2n) is 3.59. The van der Waals surface area contributed by atoms with Crippen molar-refractivity contribution in [1.82, 2.24) is 9.97 Å². The zero-order valence-corrected chi connectivity index (χ0v) is 12.2. The summed E-state index contributed by atoms with van der Waals surface area (Å²) in [6.45, 7) is 3.12. The minimum atomic E-state index is 0.583. The fraction of sp³-hybridized carbons (Fsp3) is 0.250. The number of hydrogen-bond donors (Lipinski definition) is 2. The van der Waals surface area contributed by atoms with Gasteiger partial charge in [0.05, 0.1) is 23.3 Å². The van der Waals surface area contributed by atoms with Gasteiger partial charge in [0.1, 0.15) is 5.82 Å². The molecule has 0 aliphatic rings. The first kappa shape index (κ1) is 13.2. The maximum absolute atomic E-state index is 6.03. The Balaban J connectivity index is 2.19. The molecule has 0 atom stereocenters. The Labute approximate surface area is 119 Å². The number of H-pyrrole nitrogens is 1. The second kappa shape index (κ2) is 6.11. The molecular formula is C12H13BrClN3O. The zero-order chi connectivity index (χ0) is 13.0. The molecule has 0 amide bonds. The molecule has 2 aromatic rings. The highest BCUT2D eigenvalue weighted by atomic mass is 79.9. The number of aromatic amines is 1. The van der Waals surface area contributed by atoms with Crippen LogP contribution in [0.25, 0.3) is 0 Å². The number of anilines is 1. The lowest BCUT2D eigenvalue weighted by Crippen LogP contribution is -2.04. The third kappa shape index (κ3) is 3.17. The van der Waals surface area contributed by atoms with Crippen molar-refractivity contribution in [3.05, 3.63) is 39.8 Å². The van der Waals surface area contributed by atoms with Crippen molar-refractivity contribution >= 4 is 33.2 Å². The van der Waals surface area contributed by atoms with Crippen LogP contribution in [0.15, 0.2) is 29.0 Å². The number of nitrogens with one attached hydrogen (secondary N) is 2. The summed E-state index contributed by atoms with van der Waals surface area (Å²) >= 11 is 9.48. The SMILES string of the molecule is CCOc1c(Br)cc(Cl)cc1NCc1ncc[nH]1. The molecular weight excluding hydrogens is 318 g/mol. The molecule has 0 saturated heterocycles. The predicted octanol–water partition coefficient (Wildman–Crippen LogP) is 3.84. The average molecular weight is 331 g/mol. The Morgan fingerprint density at radius 1 is 1.50 bits per heavy atom. The molecule has 1 aromatic heterocycles. The first-order chi connectivity index (χ1) is 8.70. The summed E-state index contributed by atoms with van der Waals surface area (Å²) in [6, 6.07) is 3.64. The Morgan fingerprint density at radius 3 is 3.00 bits per heavy atom. The summed E-state index contributed by atoms with van der Waals surface area (Å²) in [5.74, 6) is 1.61. The summed E-state index contributed by atoms with van der Waals surface area (Å²) in [6.07, 6.45) is 3.50. The van der Waals surface area contributed by atoms with Crippen LogP contribution in [0, 0.1) is 0 Å². The van der Waals surface area contributed by atoms with E-state index in [4.69, 9.17) is 16.3 Å². The van der Waals surface area contributed by atoms with E-state index in [-0.39, 0.29) is 0 Å². The van der Waals surface area contributed by atoms with Crippen LogP contribution in [-0.2, 0) is 6.54 Å². The number of rotatable bonds is 5. The normalized spacial score (nSPS) is 10.4. The number of benzene rings is 1. The standard InChI is InChI=1S/C12H13BrClN3O/c1-2-18-12-9(13)5-8(14)6-10(12)17-7-11-15-3-4-16-11/h3-6,17H,2,7H2,1H3,(H,15,16). The predicted molar refractivity (Wildman–Crippen MR) is 76.2 cm³/mol. The average Bonchev–Trinajstić information content (AvgIpc) is 2.83. The van der Waals surface area contributed by atoms with Crippen LogP contribution < -0.4 is 10.1 Å². The van der Waals surface area contributed by atoms with Gasteiger partial charge < -0.3 is 15.0 Å².